The molecule has 0 saturated heterocycles. The van der Waals surface area contributed by atoms with E-state index in [1.165, 1.54) is 6.92 Å². The van der Waals surface area contributed by atoms with Gasteiger partial charge in [0.15, 0.2) is 6.61 Å². The average Bonchev–Trinajstić information content (AvgIpc) is 2.54. The Kier molecular flexibility index (Phi) is 5.52. The van der Waals surface area contributed by atoms with Crippen molar-refractivity contribution < 1.29 is 27.5 Å². The predicted molar refractivity (Wildman–Crippen MR) is 81.9 cm³/mol. The molecule has 0 spiro atoms. The summed E-state index contributed by atoms with van der Waals surface area (Å²) in [6.07, 6.45) is -3.40. The van der Waals surface area contributed by atoms with Crippen molar-refractivity contribution in [1.82, 2.24) is 9.97 Å². The third-order valence-electron chi connectivity index (χ3n) is 2.78. The van der Waals surface area contributed by atoms with Crippen LogP contribution in [0.15, 0.2) is 36.7 Å². The lowest BCUT2D eigenvalue weighted by Gasteiger charge is -2.08. The van der Waals surface area contributed by atoms with Gasteiger partial charge in [-0.3, -0.25) is 9.59 Å². The van der Waals surface area contributed by atoms with Crippen molar-refractivity contribution in [2.24, 2.45) is 0 Å². The van der Waals surface area contributed by atoms with E-state index in [0.717, 1.165) is 0 Å². The monoisotopic (exact) mass is 354 g/mol. The zero-order valence-electron chi connectivity index (χ0n) is 12.9. The second kappa shape index (κ2) is 7.60. The van der Waals surface area contributed by atoms with Crippen LogP contribution < -0.4 is 15.4 Å². The molecule has 0 fully saturated rings. The number of benzene rings is 1. The molecule has 0 aliphatic heterocycles. The summed E-state index contributed by atoms with van der Waals surface area (Å²) in [5.41, 5.74) is 0.0134. The topological polar surface area (TPSA) is 93.2 Å². The fourth-order valence-electron chi connectivity index (χ4n) is 1.70. The molecule has 0 unspecified atom stereocenters. The molecular formula is C15H13F3N4O3. The van der Waals surface area contributed by atoms with Crippen molar-refractivity contribution in [1.29, 1.82) is 0 Å². The highest BCUT2D eigenvalue weighted by Crippen LogP contribution is 2.28. The van der Waals surface area contributed by atoms with Gasteiger partial charge in [-0.05, 0) is 24.3 Å². The van der Waals surface area contributed by atoms with Gasteiger partial charge in [0.05, 0.1) is 5.56 Å². The molecule has 1 aromatic heterocycles. The van der Waals surface area contributed by atoms with E-state index in [4.69, 9.17) is 4.74 Å². The number of nitrogens with zero attached hydrogens (tertiary/aromatic N) is 2. The first kappa shape index (κ1) is 18.2. The van der Waals surface area contributed by atoms with Crippen LogP contribution in [-0.2, 0) is 15.8 Å². The van der Waals surface area contributed by atoms with Gasteiger partial charge in [0.25, 0.3) is 5.91 Å². The second-order valence-electron chi connectivity index (χ2n) is 4.85. The van der Waals surface area contributed by atoms with Gasteiger partial charge in [0.2, 0.25) is 5.91 Å². The molecule has 2 rings (SSSR count). The zero-order chi connectivity index (χ0) is 18.4. The number of hydrogen-bond acceptors (Lipinski definition) is 5. The number of carbonyl (C=O) groups excluding carboxylic acids is 2. The molecule has 10 heteroatoms. The van der Waals surface area contributed by atoms with Crippen LogP contribution in [0.5, 0.6) is 6.01 Å². The first-order chi connectivity index (χ1) is 11.7. The van der Waals surface area contributed by atoms with Gasteiger partial charge in [-0.1, -0.05) is 0 Å². The van der Waals surface area contributed by atoms with E-state index >= 15 is 0 Å². The number of anilines is 2. The smallest absolute Gasteiger partial charge is 0.419 e. The number of ether oxygens (including phenoxy) is 1. The molecule has 0 aliphatic carbocycles. The van der Waals surface area contributed by atoms with Gasteiger partial charge in [0, 0.05) is 30.7 Å². The molecule has 0 radical (unpaired) electrons. The minimum atomic E-state index is -4.54. The van der Waals surface area contributed by atoms with E-state index in [1.807, 2.05) is 0 Å². The Morgan fingerprint density at radius 3 is 2.04 bits per heavy atom. The van der Waals surface area contributed by atoms with Crippen molar-refractivity contribution in [3.8, 4) is 6.01 Å². The lowest BCUT2D eigenvalue weighted by molar-refractivity contribution is -0.138. The summed E-state index contributed by atoms with van der Waals surface area (Å²) in [5, 5.41) is 5.09. The van der Waals surface area contributed by atoms with E-state index in [2.05, 4.69) is 20.6 Å². The van der Waals surface area contributed by atoms with Crippen LogP contribution in [0.3, 0.4) is 0 Å². The third-order valence-corrected chi connectivity index (χ3v) is 2.78. The maximum atomic E-state index is 12.4. The van der Waals surface area contributed by atoms with Crippen molar-refractivity contribution in [2.45, 2.75) is 13.1 Å². The third kappa shape index (κ3) is 5.75. The Morgan fingerprint density at radius 1 is 1.04 bits per heavy atom. The fraction of sp³-hybridized carbons (Fsp3) is 0.200. The normalized spacial score (nSPS) is 10.9. The molecule has 25 heavy (non-hydrogen) atoms. The van der Waals surface area contributed by atoms with Crippen molar-refractivity contribution in [3.05, 3.63) is 42.2 Å². The SMILES string of the molecule is CC(=O)Nc1ccc(NC(=O)COc2ncc(C(F)(F)F)cn2)cc1. The van der Waals surface area contributed by atoms with E-state index in [0.29, 0.717) is 23.8 Å². The van der Waals surface area contributed by atoms with Gasteiger partial charge >= 0.3 is 12.2 Å². The summed E-state index contributed by atoms with van der Waals surface area (Å²) >= 11 is 0. The van der Waals surface area contributed by atoms with Crippen LogP contribution in [0.25, 0.3) is 0 Å². The largest absolute Gasteiger partial charge is 0.453 e. The van der Waals surface area contributed by atoms with Crippen molar-refractivity contribution >= 4 is 23.2 Å². The highest BCUT2D eigenvalue weighted by molar-refractivity contribution is 5.93. The molecule has 132 valence electrons. The highest BCUT2D eigenvalue weighted by atomic mass is 19.4. The van der Waals surface area contributed by atoms with Crippen molar-refractivity contribution in [3.63, 3.8) is 0 Å². The molecule has 0 aliphatic rings. The number of alkyl halides is 3. The van der Waals surface area contributed by atoms with Gasteiger partial charge in [-0.15, -0.1) is 0 Å². The van der Waals surface area contributed by atoms with Crippen LogP contribution in [-0.4, -0.2) is 28.4 Å². The maximum absolute atomic E-state index is 12.4. The average molecular weight is 354 g/mol. The Hall–Kier alpha value is -3.17. The summed E-state index contributed by atoms with van der Waals surface area (Å²) in [6.45, 7) is 0.898. The molecule has 1 heterocycles. The minimum Gasteiger partial charge on any atom is -0.453 e. The molecule has 2 N–H and O–H groups in total. The Labute approximate surface area is 140 Å². The summed E-state index contributed by atoms with van der Waals surface area (Å²) in [6, 6.07) is 5.98. The molecule has 0 bridgehead atoms. The van der Waals surface area contributed by atoms with Gasteiger partial charge in [0.1, 0.15) is 0 Å². The number of aromatic nitrogens is 2. The Bertz CT molecular complexity index is 746. The van der Waals surface area contributed by atoms with E-state index < -0.39 is 24.3 Å². The number of carbonyl (C=O) groups is 2. The highest BCUT2D eigenvalue weighted by Gasteiger charge is 2.31. The van der Waals surface area contributed by atoms with Crippen LogP contribution in [0.4, 0.5) is 24.5 Å². The maximum Gasteiger partial charge on any atom is 0.419 e. The number of rotatable bonds is 5. The number of nitrogens with one attached hydrogen (secondary N) is 2. The van der Waals surface area contributed by atoms with Crippen LogP contribution >= 0.6 is 0 Å². The molecule has 2 amide bonds. The lowest BCUT2D eigenvalue weighted by atomic mass is 10.2. The number of hydrogen-bond donors (Lipinski definition) is 2. The van der Waals surface area contributed by atoms with Gasteiger partial charge in [-0.2, -0.15) is 13.2 Å². The van der Waals surface area contributed by atoms with Gasteiger partial charge in [-0.25, -0.2) is 9.97 Å². The quantitative estimate of drug-likeness (QED) is 0.860. The molecule has 1 aromatic carbocycles. The molecule has 0 saturated carbocycles. The number of amides is 2. The summed E-state index contributed by atoms with van der Waals surface area (Å²) < 4.78 is 42.0. The predicted octanol–water partition coefficient (Wildman–Crippen LogP) is 2.47. The van der Waals surface area contributed by atoms with Crippen LogP contribution in [0.2, 0.25) is 0 Å². The van der Waals surface area contributed by atoms with E-state index in [-0.39, 0.29) is 11.9 Å². The first-order valence-corrected chi connectivity index (χ1v) is 6.93. The fourth-order valence-corrected chi connectivity index (χ4v) is 1.70. The molecular weight excluding hydrogens is 341 g/mol. The molecule has 0 atom stereocenters. The second-order valence-corrected chi connectivity index (χ2v) is 4.85. The van der Waals surface area contributed by atoms with Crippen LogP contribution in [0.1, 0.15) is 12.5 Å². The van der Waals surface area contributed by atoms with Gasteiger partial charge < -0.3 is 15.4 Å². The number of halogens is 3. The standard InChI is InChI=1S/C15H13F3N4O3/c1-9(23)21-11-2-4-12(5-3-11)22-13(24)8-25-14-19-6-10(7-20-14)15(16,17)18/h2-7H,8H2,1H3,(H,21,23)(H,22,24). The van der Waals surface area contributed by atoms with E-state index in [9.17, 15) is 22.8 Å². The van der Waals surface area contributed by atoms with E-state index in [1.54, 1.807) is 24.3 Å². The molecule has 7 nitrogen and oxygen atoms in total. The minimum absolute atomic E-state index is 0.221. The summed E-state index contributed by atoms with van der Waals surface area (Å²) in [7, 11) is 0. The van der Waals surface area contributed by atoms with Crippen molar-refractivity contribution in [2.75, 3.05) is 17.2 Å². The Balaban J connectivity index is 1.85. The Morgan fingerprint density at radius 2 is 1.56 bits per heavy atom. The zero-order valence-corrected chi connectivity index (χ0v) is 12.9. The van der Waals surface area contributed by atoms with Crippen LogP contribution in [0, 0.1) is 0 Å². The summed E-state index contributed by atoms with van der Waals surface area (Å²) in [4.78, 5) is 29.4. The molecule has 2 aromatic rings. The lowest BCUT2D eigenvalue weighted by Crippen LogP contribution is -2.21. The summed E-state index contributed by atoms with van der Waals surface area (Å²) in [5.74, 6) is -0.766. The first-order valence-electron chi connectivity index (χ1n) is 6.93.